The van der Waals surface area contributed by atoms with Crippen molar-refractivity contribution < 1.29 is 0 Å². The minimum atomic E-state index is 0.847. The fourth-order valence-corrected chi connectivity index (χ4v) is 3.73. The quantitative estimate of drug-likeness (QED) is 0.281. The molecule has 0 radical (unpaired) electrons. The van der Waals surface area contributed by atoms with Gasteiger partial charge in [-0.25, -0.2) is 0 Å². The minimum absolute atomic E-state index is 0.847. The summed E-state index contributed by atoms with van der Waals surface area (Å²) in [6.45, 7) is 0. The van der Waals surface area contributed by atoms with Crippen LogP contribution >= 0.6 is 0 Å². The van der Waals surface area contributed by atoms with E-state index in [1.165, 1.54) is 32.5 Å². The number of hydrogen-bond acceptors (Lipinski definition) is 1. The molecule has 25 heavy (non-hydrogen) atoms. The average molecular weight is 319 g/mol. The van der Waals surface area contributed by atoms with Crippen LogP contribution in [0.1, 0.15) is 0 Å². The second kappa shape index (κ2) is 5.35. The van der Waals surface area contributed by atoms with Crippen LogP contribution in [-0.4, -0.2) is 0 Å². The van der Waals surface area contributed by atoms with Gasteiger partial charge in [-0.2, -0.15) is 0 Å². The normalized spacial score (nSPS) is 11.4. The Morgan fingerprint density at radius 3 is 1.96 bits per heavy atom. The number of anilines is 1. The molecule has 5 aromatic rings. The highest BCUT2D eigenvalue weighted by Crippen LogP contribution is 2.37. The largest absolute Gasteiger partial charge is 0.398 e. The van der Waals surface area contributed by atoms with Gasteiger partial charge < -0.3 is 5.73 Å². The van der Waals surface area contributed by atoms with Gasteiger partial charge >= 0.3 is 0 Å². The molecular formula is C24H17N. The van der Waals surface area contributed by atoms with Gasteiger partial charge in [0, 0.05) is 16.6 Å². The van der Waals surface area contributed by atoms with Gasteiger partial charge in [-0.15, -0.1) is 0 Å². The highest BCUT2D eigenvalue weighted by Gasteiger charge is 2.10. The first-order valence-electron chi connectivity index (χ1n) is 8.50. The van der Waals surface area contributed by atoms with E-state index in [2.05, 4.69) is 91.0 Å². The Kier molecular flexibility index (Phi) is 3.01. The molecule has 0 atom stereocenters. The Morgan fingerprint density at radius 2 is 1.12 bits per heavy atom. The van der Waals surface area contributed by atoms with Crippen LogP contribution in [0.15, 0.2) is 91.0 Å². The minimum Gasteiger partial charge on any atom is -0.398 e. The number of hydrogen-bond donors (Lipinski definition) is 1. The Labute approximate surface area is 146 Å². The van der Waals surface area contributed by atoms with E-state index >= 15 is 0 Å². The summed E-state index contributed by atoms with van der Waals surface area (Å²) < 4.78 is 0. The van der Waals surface area contributed by atoms with Crippen molar-refractivity contribution in [3.05, 3.63) is 91.0 Å². The zero-order valence-electron chi connectivity index (χ0n) is 13.7. The molecule has 0 aliphatic heterocycles. The van der Waals surface area contributed by atoms with Crippen LogP contribution in [-0.2, 0) is 0 Å². The van der Waals surface area contributed by atoms with E-state index in [1.54, 1.807) is 0 Å². The summed E-state index contributed by atoms with van der Waals surface area (Å²) >= 11 is 0. The van der Waals surface area contributed by atoms with Crippen LogP contribution in [0.5, 0.6) is 0 Å². The molecule has 1 nitrogen and oxygen atoms in total. The lowest BCUT2D eigenvalue weighted by atomic mass is 9.93. The van der Waals surface area contributed by atoms with Crippen molar-refractivity contribution in [3.63, 3.8) is 0 Å². The molecule has 0 aromatic heterocycles. The van der Waals surface area contributed by atoms with Crippen LogP contribution in [0, 0.1) is 0 Å². The Hall–Kier alpha value is -3.32. The van der Waals surface area contributed by atoms with Crippen molar-refractivity contribution in [2.24, 2.45) is 0 Å². The van der Waals surface area contributed by atoms with Crippen molar-refractivity contribution in [3.8, 4) is 11.1 Å². The van der Waals surface area contributed by atoms with Crippen LogP contribution in [0.2, 0.25) is 0 Å². The molecule has 2 N–H and O–H groups in total. The van der Waals surface area contributed by atoms with Crippen LogP contribution in [0.4, 0.5) is 5.69 Å². The van der Waals surface area contributed by atoms with Crippen molar-refractivity contribution in [1.29, 1.82) is 0 Å². The molecule has 5 aromatic carbocycles. The maximum absolute atomic E-state index is 6.63. The third kappa shape index (κ3) is 2.17. The Balaban J connectivity index is 1.84. The first-order chi connectivity index (χ1) is 12.3. The van der Waals surface area contributed by atoms with Gasteiger partial charge in [0.15, 0.2) is 0 Å². The molecule has 118 valence electrons. The van der Waals surface area contributed by atoms with Crippen molar-refractivity contribution >= 4 is 38.0 Å². The summed E-state index contributed by atoms with van der Waals surface area (Å²) in [5.74, 6) is 0. The lowest BCUT2D eigenvalue weighted by Gasteiger charge is -2.13. The molecule has 0 fully saturated rings. The zero-order chi connectivity index (χ0) is 16.8. The van der Waals surface area contributed by atoms with Crippen LogP contribution < -0.4 is 5.73 Å². The third-order valence-electron chi connectivity index (χ3n) is 5.01. The van der Waals surface area contributed by atoms with E-state index in [0.717, 1.165) is 16.6 Å². The lowest BCUT2D eigenvalue weighted by Crippen LogP contribution is -1.93. The van der Waals surface area contributed by atoms with Crippen LogP contribution in [0.25, 0.3) is 43.4 Å². The first kappa shape index (κ1) is 14.1. The van der Waals surface area contributed by atoms with Gasteiger partial charge in [-0.1, -0.05) is 78.9 Å². The SMILES string of the molecule is Nc1c(-c2cccc3ccccc23)ccc2cc3ccccc3cc12. The van der Waals surface area contributed by atoms with Gasteiger partial charge in [0.1, 0.15) is 0 Å². The highest BCUT2D eigenvalue weighted by molar-refractivity contribution is 6.09. The number of nitrogens with two attached hydrogens (primary N) is 1. The van der Waals surface area contributed by atoms with E-state index in [0.29, 0.717) is 0 Å². The fraction of sp³-hybridized carbons (Fsp3) is 0. The summed E-state index contributed by atoms with van der Waals surface area (Å²) in [7, 11) is 0. The highest BCUT2D eigenvalue weighted by atomic mass is 14.6. The molecule has 0 spiro atoms. The summed E-state index contributed by atoms with van der Waals surface area (Å²) in [5.41, 5.74) is 9.76. The maximum atomic E-state index is 6.63. The summed E-state index contributed by atoms with van der Waals surface area (Å²) in [6, 6.07) is 32.0. The van der Waals surface area contributed by atoms with E-state index in [4.69, 9.17) is 5.73 Å². The summed E-state index contributed by atoms with van der Waals surface area (Å²) in [4.78, 5) is 0. The van der Waals surface area contributed by atoms with E-state index in [-0.39, 0.29) is 0 Å². The maximum Gasteiger partial charge on any atom is 0.0473 e. The molecule has 0 aliphatic rings. The summed E-state index contributed by atoms with van der Waals surface area (Å²) in [6.07, 6.45) is 0. The van der Waals surface area contributed by atoms with Gasteiger partial charge in [-0.05, 0) is 44.6 Å². The first-order valence-corrected chi connectivity index (χ1v) is 8.50. The molecule has 0 amide bonds. The second-order valence-corrected chi connectivity index (χ2v) is 6.47. The Bertz CT molecular complexity index is 1250. The predicted octanol–water partition coefficient (Wildman–Crippen LogP) is 6.40. The molecule has 0 heterocycles. The molecule has 5 rings (SSSR count). The second-order valence-electron chi connectivity index (χ2n) is 6.47. The van der Waals surface area contributed by atoms with E-state index < -0.39 is 0 Å². The van der Waals surface area contributed by atoms with Gasteiger partial charge in [0.05, 0.1) is 0 Å². The smallest absolute Gasteiger partial charge is 0.0473 e. The molecule has 0 saturated heterocycles. The number of benzene rings is 5. The topological polar surface area (TPSA) is 26.0 Å². The zero-order valence-corrected chi connectivity index (χ0v) is 13.7. The molecule has 0 saturated carbocycles. The number of nitrogen functional groups attached to an aromatic ring is 1. The van der Waals surface area contributed by atoms with Gasteiger partial charge in [-0.3, -0.25) is 0 Å². The fourth-order valence-electron chi connectivity index (χ4n) is 3.73. The number of fused-ring (bicyclic) bond motifs is 3. The molecule has 1 heteroatoms. The number of rotatable bonds is 1. The standard InChI is InChI=1S/C24H17N/c25-24-22(21-11-5-9-16-6-3-4-10-20(16)21)13-12-19-14-17-7-1-2-8-18(17)15-23(19)24/h1-15H,25H2. The average Bonchev–Trinajstić information content (AvgIpc) is 2.67. The van der Waals surface area contributed by atoms with E-state index in [9.17, 15) is 0 Å². The summed E-state index contributed by atoms with van der Waals surface area (Å²) in [5, 5.41) is 7.23. The third-order valence-corrected chi connectivity index (χ3v) is 5.01. The molecule has 0 aliphatic carbocycles. The van der Waals surface area contributed by atoms with Gasteiger partial charge in [0.25, 0.3) is 0 Å². The van der Waals surface area contributed by atoms with Gasteiger partial charge in [0.2, 0.25) is 0 Å². The Morgan fingerprint density at radius 1 is 0.440 bits per heavy atom. The van der Waals surface area contributed by atoms with Crippen molar-refractivity contribution in [1.82, 2.24) is 0 Å². The molecule has 0 bridgehead atoms. The monoisotopic (exact) mass is 319 g/mol. The van der Waals surface area contributed by atoms with Crippen molar-refractivity contribution in [2.75, 3.05) is 5.73 Å². The van der Waals surface area contributed by atoms with Crippen LogP contribution in [0.3, 0.4) is 0 Å². The molecule has 0 unspecified atom stereocenters. The van der Waals surface area contributed by atoms with Crippen molar-refractivity contribution in [2.45, 2.75) is 0 Å². The molecular weight excluding hydrogens is 302 g/mol. The predicted molar refractivity (Wildman–Crippen MR) is 109 cm³/mol. The lowest BCUT2D eigenvalue weighted by molar-refractivity contribution is 1.67. The van der Waals surface area contributed by atoms with E-state index in [1.807, 2.05) is 0 Å².